The van der Waals surface area contributed by atoms with Crippen molar-refractivity contribution < 1.29 is 39.9 Å². The predicted octanol–water partition coefficient (Wildman–Crippen LogP) is 6.21. The van der Waals surface area contributed by atoms with Gasteiger partial charge in [0.2, 0.25) is 0 Å². The van der Waals surface area contributed by atoms with Crippen molar-refractivity contribution in [1.82, 2.24) is 0 Å². The summed E-state index contributed by atoms with van der Waals surface area (Å²) < 4.78 is 105. The van der Waals surface area contributed by atoms with Crippen LogP contribution in [0.3, 0.4) is 0 Å². The summed E-state index contributed by atoms with van der Waals surface area (Å²) in [6.45, 7) is 0. The molecule has 0 saturated heterocycles. The van der Waals surface area contributed by atoms with Gasteiger partial charge >= 0.3 is 12.5 Å². The van der Waals surface area contributed by atoms with Crippen LogP contribution in [0.25, 0.3) is 11.1 Å². The summed E-state index contributed by atoms with van der Waals surface area (Å²) in [5, 5.41) is 0. The van der Waals surface area contributed by atoms with Gasteiger partial charge in [-0.05, 0) is 23.8 Å². The summed E-state index contributed by atoms with van der Waals surface area (Å²) in [4.78, 5) is 0. The molecule has 2 rings (SSSR count). The Labute approximate surface area is 130 Å². The Bertz CT molecular complexity index is 701. The van der Waals surface area contributed by atoms with Gasteiger partial charge in [-0.3, -0.25) is 0 Å². The van der Waals surface area contributed by atoms with Crippen LogP contribution in [0.2, 0.25) is 0 Å². The molecule has 0 atom stereocenters. The second-order valence-corrected chi connectivity index (χ2v) is 4.64. The average Bonchev–Trinajstić information content (AvgIpc) is 2.44. The number of hydrogen-bond acceptors (Lipinski definition) is 1. The highest BCUT2D eigenvalue weighted by Gasteiger charge is 2.36. The zero-order chi connectivity index (χ0) is 18.1. The number of ether oxygens (including phenoxy) is 1. The summed E-state index contributed by atoms with van der Waals surface area (Å²) in [6, 6.07) is 5.52. The normalized spacial score (nSPS) is 12.5. The van der Waals surface area contributed by atoms with Crippen LogP contribution in [-0.2, 0) is 6.18 Å². The van der Waals surface area contributed by atoms with Gasteiger partial charge in [0.05, 0.1) is 5.56 Å². The Kier molecular flexibility index (Phi) is 4.73. The number of hydrogen-bond donors (Lipinski definition) is 0. The van der Waals surface area contributed by atoms with Crippen LogP contribution in [0.4, 0.5) is 35.1 Å². The molecule has 0 radical (unpaired) electrons. The summed E-state index contributed by atoms with van der Waals surface area (Å²) in [5.41, 5.74) is -3.24. The number of rotatable bonds is 3. The van der Waals surface area contributed by atoms with E-state index in [-0.39, 0.29) is 5.56 Å². The van der Waals surface area contributed by atoms with Gasteiger partial charge in [0.1, 0.15) is 5.75 Å². The first-order chi connectivity index (χ1) is 11.0. The predicted molar refractivity (Wildman–Crippen MR) is 68.5 cm³/mol. The first-order valence-corrected chi connectivity index (χ1v) is 6.33. The third-order valence-corrected chi connectivity index (χ3v) is 3.01. The van der Waals surface area contributed by atoms with Crippen molar-refractivity contribution in [2.24, 2.45) is 0 Å². The third kappa shape index (κ3) is 4.15. The molecule has 0 amide bonds. The number of alkyl halides is 8. The minimum Gasteiger partial charge on any atom is -0.406 e. The maximum Gasteiger partial charge on any atom is 0.573 e. The topological polar surface area (TPSA) is 9.23 Å². The highest BCUT2D eigenvalue weighted by atomic mass is 19.4. The molecule has 0 spiro atoms. The van der Waals surface area contributed by atoms with Crippen LogP contribution in [0.5, 0.6) is 5.75 Å². The lowest BCUT2D eigenvalue weighted by Gasteiger charge is -2.17. The average molecular weight is 356 g/mol. The maximum absolute atomic E-state index is 13.1. The lowest BCUT2D eigenvalue weighted by atomic mass is 9.94. The van der Waals surface area contributed by atoms with Crippen molar-refractivity contribution in [3.63, 3.8) is 0 Å². The molecule has 0 bridgehead atoms. The second kappa shape index (κ2) is 6.29. The van der Waals surface area contributed by atoms with E-state index in [1.807, 2.05) is 0 Å². The van der Waals surface area contributed by atoms with Crippen LogP contribution < -0.4 is 4.74 Å². The van der Waals surface area contributed by atoms with E-state index in [9.17, 15) is 35.1 Å². The fourth-order valence-electron chi connectivity index (χ4n) is 2.13. The molecular weight excluding hydrogens is 348 g/mol. The van der Waals surface area contributed by atoms with Crippen molar-refractivity contribution in [2.75, 3.05) is 0 Å². The van der Waals surface area contributed by atoms with E-state index >= 15 is 0 Å². The van der Waals surface area contributed by atoms with Crippen LogP contribution >= 0.6 is 0 Å². The smallest absolute Gasteiger partial charge is 0.406 e. The summed E-state index contributed by atoms with van der Waals surface area (Å²) >= 11 is 0. The van der Waals surface area contributed by atoms with Gasteiger partial charge < -0.3 is 4.74 Å². The molecule has 0 heterocycles. The molecule has 0 aliphatic heterocycles. The van der Waals surface area contributed by atoms with E-state index in [0.29, 0.717) is 6.07 Å². The minimum absolute atomic E-state index is 0.298. The highest BCUT2D eigenvalue weighted by Crippen LogP contribution is 2.42. The molecule has 0 saturated carbocycles. The molecule has 9 heteroatoms. The lowest BCUT2D eigenvalue weighted by Crippen LogP contribution is -2.17. The number of halogens is 8. The maximum atomic E-state index is 13.1. The fraction of sp³-hybridized carbons (Fsp3) is 0.200. The van der Waals surface area contributed by atoms with Gasteiger partial charge in [-0.25, -0.2) is 8.78 Å². The second-order valence-electron chi connectivity index (χ2n) is 4.64. The van der Waals surface area contributed by atoms with Gasteiger partial charge in [0.25, 0.3) is 6.43 Å². The van der Waals surface area contributed by atoms with E-state index in [4.69, 9.17) is 0 Å². The first-order valence-electron chi connectivity index (χ1n) is 6.33. The first kappa shape index (κ1) is 18.0. The van der Waals surface area contributed by atoms with Gasteiger partial charge in [-0.15, -0.1) is 13.2 Å². The van der Waals surface area contributed by atoms with Crippen molar-refractivity contribution in [3.8, 4) is 16.9 Å². The van der Waals surface area contributed by atoms with Gasteiger partial charge in [-0.2, -0.15) is 13.2 Å². The Balaban J connectivity index is 2.55. The molecule has 24 heavy (non-hydrogen) atoms. The molecule has 0 aliphatic rings. The van der Waals surface area contributed by atoms with Crippen molar-refractivity contribution in [1.29, 1.82) is 0 Å². The molecule has 130 valence electrons. The monoisotopic (exact) mass is 356 g/mol. The van der Waals surface area contributed by atoms with Crippen LogP contribution in [-0.4, -0.2) is 6.36 Å². The zero-order valence-corrected chi connectivity index (χ0v) is 11.6. The molecule has 0 N–H and O–H groups in total. The minimum atomic E-state index is -4.97. The van der Waals surface area contributed by atoms with Gasteiger partial charge in [0.15, 0.2) is 0 Å². The Hall–Kier alpha value is -2.32. The van der Waals surface area contributed by atoms with Gasteiger partial charge in [0, 0.05) is 11.1 Å². The molecule has 2 aromatic rings. The Morgan fingerprint density at radius 2 is 1.38 bits per heavy atom. The molecule has 1 nitrogen and oxygen atoms in total. The quantitative estimate of drug-likeness (QED) is 0.594. The van der Waals surface area contributed by atoms with Gasteiger partial charge in [-0.1, -0.05) is 24.3 Å². The van der Waals surface area contributed by atoms with Crippen LogP contribution in [0.1, 0.15) is 17.6 Å². The highest BCUT2D eigenvalue weighted by molar-refractivity contribution is 5.72. The number of benzene rings is 2. The van der Waals surface area contributed by atoms with Crippen molar-refractivity contribution >= 4 is 0 Å². The van der Waals surface area contributed by atoms with E-state index in [0.717, 1.165) is 36.4 Å². The lowest BCUT2D eigenvalue weighted by molar-refractivity contribution is -0.274. The SMILES string of the molecule is FC(F)c1cccc(C(F)(F)F)c1-c1ccc(OC(F)(F)F)cc1. The van der Waals surface area contributed by atoms with E-state index < -0.39 is 41.4 Å². The fourth-order valence-corrected chi connectivity index (χ4v) is 2.13. The summed E-state index contributed by atoms with van der Waals surface area (Å²) in [7, 11) is 0. The van der Waals surface area contributed by atoms with E-state index in [1.165, 1.54) is 0 Å². The largest absolute Gasteiger partial charge is 0.573 e. The van der Waals surface area contributed by atoms with Crippen LogP contribution in [0.15, 0.2) is 42.5 Å². The van der Waals surface area contributed by atoms with E-state index in [1.54, 1.807) is 0 Å². The Morgan fingerprint density at radius 3 is 1.83 bits per heavy atom. The van der Waals surface area contributed by atoms with Crippen LogP contribution in [0, 0.1) is 0 Å². The molecule has 0 unspecified atom stereocenters. The molecule has 2 aromatic carbocycles. The molecule has 0 fully saturated rings. The van der Waals surface area contributed by atoms with Crippen molar-refractivity contribution in [3.05, 3.63) is 53.6 Å². The van der Waals surface area contributed by atoms with Crippen molar-refractivity contribution in [2.45, 2.75) is 19.0 Å². The Morgan fingerprint density at radius 1 is 0.792 bits per heavy atom. The molecule has 0 aliphatic carbocycles. The molecule has 0 aromatic heterocycles. The summed E-state index contributed by atoms with van der Waals surface area (Å²) in [5.74, 6) is -0.672. The third-order valence-electron chi connectivity index (χ3n) is 3.01. The van der Waals surface area contributed by atoms with E-state index in [2.05, 4.69) is 4.74 Å². The standard InChI is InChI=1S/C15H8F8O/c16-13(17)10-2-1-3-11(14(18,19)20)12(10)8-4-6-9(7-5-8)24-15(21,22)23/h1-7,13H. The summed E-state index contributed by atoms with van der Waals surface area (Å²) in [6.07, 6.45) is -13.1. The molecular formula is C15H8F8O. The zero-order valence-electron chi connectivity index (χ0n) is 11.6.